The molecule has 8 nitrogen and oxygen atoms in total. The van der Waals surface area contributed by atoms with Crippen molar-refractivity contribution in [3.8, 4) is 0 Å². The summed E-state index contributed by atoms with van der Waals surface area (Å²) in [6.45, 7) is 8.62. The van der Waals surface area contributed by atoms with Gasteiger partial charge < -0.3 is 19.8 Å². The number of aryl methyl sites for hydroxylation is 1. The van der Waals surface area contributed by atoms with Crippen molar-refractivity contribution in [1.29, 1.82) is 0 Å². The average Bonchev–Trinajstić information content (AvgIpc) is 3.22. The van der Waals surface area contributed by atoms with Crippen molar-refractivity contribution < 1.29 is 9.90 Å². The predicted molar refractivity (Wildman–Crippen MR) is 120 cm³/mol. The first-order valence-corrected chi connectivity index (χ1v) is 11.3. The molecule has 0 saturated carbocycles. The van der Waals surface area contributed by atoms with E-state index in [2.05, 4.69) is 31.7 Å². The molecule has 2 aromatic heterocycles. The maximum absolute atomic E-state index is 13.4. The molecular formula is C23H32N6O2. The van der Waals surface area contributed by atoms with Crippen LogP contribution in [-0.4, -0.2) is 76.7 Å². The van der Waals surface area contributed by atoms with Crippen LogP contribution in [-0.2, 0) is 0 Å². The highest BCUT2D eigenvalue weighted by molar-refractivity contribution is 5.99. The smallest absolute Gasteiger partial charge is 0.257 e. The van der Waals surface area contributed by atoms with Crippen molar-refractivity contribution in [3.05, 3.63) is 42.0 Å². The van der Waals surface area contributed by atoms with Crippen LogP contribution in [0.15, 0.2) is 30.6 Å². The molecular weight excluding hydrogens is 392 g/mol. The molecule has 2 aliphatic rings. The lowest BCUT2D eigenvalue weighted by molar-refractivity contribution is 0.0746. The van der Waals surface area contributed by atoms with Gasteiger partial charge in [-0.05, 0) is 37.5 Å². The summed E-state index contributed by atoms with van der Waals surface area (Å²) in [5.41, 5.74) is 0.655. The van der Waals surface area contributed by atoms with Crippen LogP contribution in [0.5, 0.6) is 0 Å². The third-order valence-electron chi connectivity index (χ3n) is 6.44. The molecule has 2 aliphatic heterocycles. The minimum Gasteiger partial charge on any atom is -0.396 e. The highest BCUT2D eigenvalue weighted by Crippen LogP contribution is 2.32. The molecule has 0 aromatic carbocycles. The highest BCUT2D eigenvalue weighted by atomic mass is 16.3. The van der Waals surface area contributed by atoms with E-state index in [1.165, 1.54) is 0 Å². The van der Waals surface area contributed by atoms with E-state index in [9.17, 15) is 9.90 Å². The topological polar surface area (TPSA) is 85.7 Å². The second-order valence-corrected chi connectivity index (χ2v) is 8.51. The second-order valence-electron chi connectivity index (χ2n) is 8.51. The van der Waals surface area contributed by atoms with Gasteiger partial charge in [0.2, 0.25) is 0 Å². The van der Waals surface area contributed by atoms with Gasteiger partial charge in [-0.25, -0.2) is 15.0 Å². The van der Waals surface area contributed by atoms with Crippen LogP contribution in [0.2, 0.25) is 0 Å². The molecule has 166 valence electrons. The Kier molecular flexibility index (Phi) is 6.65. The molecule has 31 heavy (non-hydrogen) atoms. The van der Waals surface area contributed by atoms with E-state index in [1.807, 2.05) is 30.0 Å². The molecule has 2 saturated heterocycles. The Bertz CT molecular complexity index is 899. The first-order chi connectivity index (χ1) is 15.1. The van der Waals surface area contributed by atoms with Crippen LogP contribution in [0, 0.1) is 18.8 Å². The molecule has 1 N–H and O–H groups in total. The van der Waals surface area contributed by atoms with Gasteiger partial charge in [-0.2, -0.15) is 0 Å². The Hall–Kier alpha value is -2.74. The van der Waals surface area contributed by atoms with Gasteiger partial charge in [0.15, 0.2) is 0 Å². The average molecular weight is 425 g/mol. The van der Waals surface area contributed by atoms with Gasteiger partial charge in [-0.3, -0.25) is 4.79 Å². The molecule has 2 atom stereocenters. The number of nitrogens with zero attached hydrogens (tertiary/aromatic N) is 6. The highest BCUT2D eigenvalue weighted by Gasteiger charge is 2.34. The molecule has 0 radical (unpaired) electrons. The fourth-order valence-corrected chi connectivity index (χ4v) is 4.76. The summed E-state index contributed by atoms with van der Waals surface area (Å²) in [5, 5.41) is 9.81. The Morgan fingerprint density at radius 1 is 1.06 bits per heavy atom. The lowest BCUT2D eigenvalue weighted by Gasteiger charge is -2.36. The van der Waals surface area contributed by atoms with Gasteiger partial charge in [0, 0.05) is 64.2 Å². The summed E-state index contributed by atoms with van der Waals surface area (Å²) in [7, 11) is 0. The van der Waals surface area contributed by atoms with Crippen molar-refractivity contribution in [3.63, 3.8) is 0 Å². The maximum atomic E-state index is 13.4. The summed E-state index contributed by atoms with van der Waals surface area (Å²) < 4.78 is 0. The summed E-state index contributed by atoms with van der Waals surface area (Å²) in [6.07, 6.45) is 5.71. The van der Waals surface area contributed by atoms with E-state index in [0.717, 1.165) is 56.5 Å². The fraction of sp³-hybridized carbons (Fsp3) is 0.565. The van der Waals surface area contributed by atoms with E-state index in [4.69, 9.17) is 0 Å². The van der Waals surface area contributed by atoms with Crippen LogP contribution >= 0.6 is 0 Å². The van der Waals surface area contributed by atoms with Crippen LogP contribution < -0.4 is 9.80 Å². The van der Waals surface area contributed by atoms with Crippen molar-refractivity contribution in [2.75, 3.05) is 55.7 Å². The third kappa shape index (κ3) is 4.63. The lowest BCUT2D eigenvalue weighted by Crippen LogP contribution is -2.49. The van der Waals surface area contributed by atoms with Crippen LogP contribution in [0.25, 0.3) is 0 Å². The quantitative estimate of drug-likeness (QED) is 0.759. The fourth-order valence-electron chi connectivity index (χ4n) is 4.76. The SMILES string of the molecule is CCC[C@@H]1CN(c2ncccc2C(=O)N2CCN(c3ccnc(C)n3)CC2)C[C@H]1CO. The first kappa shape index (κ1) is 21.5. The summed E-state index contributed by atoms with van der Waals surface area (Å²) >= 11 is 0. The number of hydrogen-bond donors (Lipinski definition) is 1. The van der Waals surface area contributed by atoms with E-state index < -0.39 is 0 Å². The molecule has 0 unspecified atom stereocenters. The first-order valence-electron chi connectivity index (χ1n) is 11.3. The van der Waals surface area contributed by atoms with Gasteiger partial charge in [0.05, 0.1) is 5.56 Å². The molecule has 2 fully saturated rings. The van der Waals surface area contributed by atoms with Crippen molar-refractivity contribution >= 4 is 17.5 Å². The number of anilines is 2. The summed E-state index contributed by atoms with van der Waals surface area (Å²) in [6, 6.07) is 5.63. The minimum absolute atomic E-state index is 0.0288. The maximum Gasteiger partial charge on any atom is 0.257 e. The number of hydrogen-bond acceptors (Lipinski definition) is 7. The zero-order valence-electron chi connectivity index (χ0n) is 18.4. The normalized spacial score (nSPS) is 21.6. The zero-order valence-corrected chi connectivity index (χ0v) is 18.4. The predicted octanol–water partition coefficient (Wildman–Crippen LogP) is 1.99. The van der Waals surface area contributed by atoms with Crippen molar-refractivity contribution in [2.45, 2.75) is 26.7 Å². The number of rotatable bonds is 6. The number of amides is 1. The van der Waals surface area contributed by atoms with Crippen LogP contribution in [0.4, 0.5) is 11.6 Å². The minimum atomic E-state index is 0.0288. The van der Waals surface area contributed by atoms with Crippen molar-refractivity contribution in [2.24, 2.45) is 11.8 Å². The molecule has 1 amide bonds. The number of piperazine rings is 1. The Morgan fingerprint density at radius 3 is 2.55 bits per heavy atom. The summed E-state index contributed by atoms with van der Waals surface area (Å²) in [4.78, 5) is 32.9. The van der Waals surface area contributed by atoms with E-state index in [-0.39, 0.29) is 18.4 Å². The lowest BCUT2D eigenvalue weighted by atomic mass is 9.93. The Morgan fingerprint density at radius 2 is 1.84 bits per heavy atom. The number of aliphatic hydroxyl groups is 1. The molecule has 0 bridgehead atoms. The number of aliphatic hydroxyl groups excluding tert-OH is 1. The van der Waals surface area contributed by atoms with E-state index >= 15 is 0 Å². The van der Waals surface area contributed by atoms with Gasteiger partial charge >= 0.3 is 0 Å². The molecule has 2 aromatic rings. The number of pyridine rings is 1. The van der Waals surface area contributed by atoms with Gasteiger partial charge in [0.1, 0.15) is 17.5 Å². The Balaban J connectivity index is 1.45. The number of carbonyl (C=O) groups is 1. The molecule has 4 rings (SSSR count). The Labute approximate surface area is 183 Å². The second kappa shape index (κ2) is 9.60. The molecule has 4 heterocycles. The van der Waals surface area contributed by atoms with E-state index in [1.54, 1.807) is 12.4 Å². The van der Waals surface area contributed by atoms with Crippen LogP contribution in [0.3, 0.4) is 0 Å². The summed E-state index contributed by atoms with van der Waals surface area (Å²) in [5.74, 6) is 3.13. The standard InChI is InChI=1S/C23H32N6O2/c1-3-5-18-14-29(15-19(18)16-30)22-20(6-4-8-25-22)23(31)28-12-10-27(11-13-28)21-7-9-24-17(2)26-21/h4,6-9,18-19,30H,3,5,10-16H2,1-2H3/t18-,19+/m1/s1. The third-order valence-corrected chi connectivity index (χ3v) is 6.44. The number of aromatic nitrogens is 3. The molecule has 0 aliphatic carbocycles. The zero-order chi connectivity index (χ0) is 21.8. The van der Waals surface area contributed by atoms with Gasteiger partial charge in [-0.1, -0.05) is 13.3 Å². The van der Waals surface area contributed by atoms with Crippen LogP contribution in [0.1, 0.15) is 35.9 Å². The van der Waals surface area contributed by atoms with E-state index in [0.29, 0.717) is 24.6 Å². The monoisotopic (exact) mass is 424 g/mol. The van der Waals surface area contributed by atoms with Gasteiger partial charge in [0.25, 0.3) is 5.91 Å². The van der Waals surface area contributed by atoms with Gasteiger partial charge in [-0.15, -0.1) is 0 Å². The molecule has 0 spiro atoms. The molecule has 8 heteroatoms. The largest absolute Gasteiger partial charge is 0.396 e. The van der Waals surface area contributed by atoms with Crippen molar-refractivity contribution in [1.82, 2.24) is 19.9 Å². The number of carbonyl (C=O) groups excluding carboxylic acids is 1.